The van der Waals surface area contributed by atoms with E-state index in [2.05, 4.69) is 0 Å². The van der Waals surface area contributed by atoms with E-state index in [0.717, 1.165) is 5.56 Å². The van der Waals surface area contributed by atoms with Gasteiger partial charge in [0.25, 0.3) is 0 Å². The molecule has 7 nitrogen and oxygen atoms in total. The zero-order chi connectivity index (χ0) is 18.0. The Bertz CT molecular complexity index is 663. The number of nitrogens with zero attached hydrogens (tertiary/aromatic N) is 2. The van der Waals surface area contributed by atoms with Crippen molar-refractivity contribution in [3.05, 3.63) is 35.9 Å². The van der Waals surface area contributed by atoms with Crippen LogP contribution in [0.1, 0.15) is 18.4 Å². The molecule has 134 valence electrons. The summed E-state index contributed by atoms with van der Waals surface area (Å²) in [6.45, 7) is 1.05. The summed E-state index contributed by atoms with van der Waals surface area (Å²) in [7, 11) is 1.51. The van der Waals surface area contributed by atoms with Crippen LogP contribution in [0.5, 0.6) is 0 Å². The van der Waals surface area contributed by atoms with Crippen molar-refractivity contribution in [2.75, 3.05) is 20.2 Å². The van der Waals surface area contributed by atoms with E-state index >= 15 is 0 Å². The minimum Gasteiger partial charge on any atom is -0.480 e. The lowest BCUT2D eigenvalue weighted by Crippen LogP contribution is -2.44. The third-order valence-corrected chi connectivity index (χ3v) is 4.94. The molecule has 25 heavy (non-hydrogen) atoms. The van der Waals surface area contributed by atoms with Crippen LogP contribution in [0.4, 0.5) is 0 Å². The highest BCUT2D eigenvalue weighted by molar-refractivity contribution is 5.91. The molecule has 3 rings (SSSR count). The van der Waals surface area contributed by atoms with Crippen molar-refractivity contribution in [1.29, 1.82) is 0 Å². The fraction of sp³-hybridized carbons (Fsp3) is 0.500. The molecule has 0 radical (unpaired) electrons. The van der Waals surface area contributed by atoms with E-state index in [-0.39, 0.29) is 37.3 Å². The van der Waals surface area contributed by atoms with Crippen molar-refractivity contribution >= 4 is 17.8 Å². The highest BCUT2D eigenvalue weighted by Crippen LogP contribution is 2.27. The first-order chi connectivity index (χ1) is 12.0. The molecule has 3 atom stereocenters. The van der Waals surface area contributed by atoms with Crippen molar-refractivity contribution in [3.8, 4) is 0 Å². The smallest absolute Gasteiger partial charge is 0.326 e. The van der Waals surface area contributed by atoms with E-state index in [9.17, 15) is 19.5 Å². The van der Waals surface area contributed by atoms with Crippen LogP contribution >= 0.6 is 0 Å². The largest absolute Gasteiger partial charge is 0.480 e. The molecule has 2 aliphatic heterocycles. The molecule has 2 fully saturated rings. The summed E-state index contributed by atoms with van der Waals surface area (Å²) in [5.41, 5.74) is 1.01. The average molecular weight is 346 g/mol. The maximum absolute atomic E-state index is 12.8. The maximum atomic E-state index is 12.8. The summed E-state index contributed by atoms with van der Waals surface area (Å²) in [4.78, 5) is 39.5. The Balaban J connectivity index is 1.67. The Hall–Kier alpha value is -2.41. The van der Waals surface area contributed by atoms with E-state index < -0.39 is 17.9 Å². The van der Waals surface area contributed by atoms with Crippen molar-refractivity contribution in [1.82, 2.24) is 9.80 Å². The first kappa shape index (κ1) is 17.4. The predicted octanol–water partition coefficient (Wildman–Crippen LogP) is 0.736. The highest BCUT2D eigenvalue weighted by Gasteiger charge is 2.44. The van der Waals surface area contributed by atoms with Gasteiger partial charge in [0, 0.05) is 39.6 Å². The van der Waals surface area contributed by atoms with Crippen molar-refractivity contribution in [3.63, 3.8) is 0 Å². The molecule has 0 aromatic heterocycles. The third-order valence-electron chi connectivity index (χ3n) is 4.94. The Morgan fingerprint density at radius 3 is 2.60 bits per heavy atom. The maximum Gasteiger partial charge on any atom is 0.326 e. The molecule has 1 N–H and O–H groups in total. The zero-order valence-electron chi connectivity index (χ0n) is 14.1. The van der Waals surface area contributed by atoms with E-state index in [1.54, 1.807) is 4.90 Å². The van der Waals surface area contributed by atoms with Crippen LogP contribution in [0.2, 0.25) is 0 Å². The molecule has 2 aliphatic rings. The van der Waals surface area contributed by atoms with Crippen molar-refractivity contribution in [2.45, 2.75) is 31.5 Å². The molecule has 2 heterocycles. The monoisotopic (exact) mass is 346 g/mol. The van der Waals surface area contributed by atoms with Crippen LogP contribution in [-0.4, -0.2) is 65.0 Å². The molecule has 0 spiro atoms. The van der Waals surface area contributed by atoms with Crippen LogP contribution in [0.3, 0.4) is 0 Å². The molecule has 1 aromatic carbocycles. The number of rotatable bonds is 5. The second-order valence-electron chi connectivity index (χ2n) is 6.60. The Labute approximate surface area is 146 Å². The van der Waals surface area contributed by atoms with E-state index in [1.807, 2.05) is 30.3 Å². The van der Waals surface area contributed by atoms with Crippen molar-refractivity contribution < 1.29 is 24.2 Å². The first-order valence-electron chi connectivity index (χ1n) is 8.37. The SMILES string of the molecule is COC1CC(C(=O)O)N(C(=O)C2CC(=O)N(Cc3ccccc3)C2)C1. The van der Waals surface area contributed by atoms with Gasteiger partial charge in [0.2, 0.25) is 11.8 Å². The van der Waals surface area contributed by atoms with E-state index in [4.69, 9.17) is 4.74 Å². The number of carboxylic acid groups (broad SMARTS) is 1. The summed E-state index contributed by atoms with van der Waals surface area (Å²) in [5.74, 6) is -1.86. The Kier molecular flexibility index (Phi) is 5.03. The van der Waals surface area contributed by atoms with Gasteiger partial charge in [0.05, 0.1) is 12.0 Å². The van der Waals surface area contributed by atoms with Crippen LogP contribution in [-0.2, 0) is 25.7 Å². The average Bonchev–Trinajstić information content (AvgIpc) is 3.19. The minimum atomic E-state index is -1.03. The first-order valence-corrected chi connectivity index (χ1v) is 8.37. The lowest BCUT2D eigenvalue weighted by atomic mass is 10.1. The van der Waals surface area contributed by atoms with Gasteiger partial charge in [0.1, 0.15) is 6.04 Å². The number of methoxy groups -OCH3 is 1. The zero-order valence-corrected chi connectivity index (χ0v) is 14.1. The lowest BCUT2D eigenvalue weighted by Gasteiger charge is -2.24. The van der Waals surface area contributed by atoms with Gasteiger partial charge in [-0.15, -0.1) is 0 Å². The van der Waals surface area contributed by atoms with Crippen molar-refractivity contribution in [2.24, 2.45) is 5.92 Å². The van der Waals surface area contributed by atoms with Gasteiger partial charge < -0.3 is 19.6 Å². The fourth-order valence-electron chi connectivity index (χ4n) is 3.57. The number of carboxylic acids is 1. The fourth-order valence-corrected chi connectivity index (χ4v) is 3.57. The van der Waals surface area contributed by atoms with Gasteiger partial charge in [-0.1, -0.05) is 30.3 Å². The number of likely N-dealkylation sites (tertiary alicyclic amines) is 2. The number of amides is 2. The van der Waals surface area contributed by atoms with Crippen LogP contribution in [0, 0.1) is 5.92 Å². The molecule has 7 heteroatoms. The molecular formula is C18H22N2O5. The summed E-state index contributed by atoms with van der Waals surface area (Å²) in [6.07, 6.45) is 0.139. The normalized spacial score (nSPS) is 26.3. The standard InChI is InChI=1S/C18H22N2O5/c1-25-14-8-15(18(23)24)20(11-14)17(22)13-7-16(21)19(10-13)9-12-5-3-2-4-6-12/h2-6,13-15H,7-11H2,1H3,(H,23,24). The summed E-state index contributed by atoms with van der Waals surface area (Å²) < 4.78 is 5.22. The van der Waals surface area contributed by atoms with Gasteiger partial charge in [0.15, 0.2) is 0 Å². The number of hydrogen-bond donors (Lipinski definition) is 1. The highest BCUT2D eigenvalue weighted by atomic mass is 16.5. The van der Waals surface area contributed by atoms with Gasteiger partial charge in [-0.25, -0.2) is 4.79 Å². The van der Waals surface area contributed by atoms with Gasteiger partial charge in [-0.05, 0) is 5.56 Å². The molecular weight excluding hydrogens is 324 g/mol. The molecule has 0 aliphatic carbocycles. The third kappa shape index (κ3) is 3.66. The number of hydrogen-bond acceptors (Lipinski definition) is 4. The second-order valence-corrected chi connectivity index (χ2v) is 6.60. The Morgan fingerprint density at radius 1 is 1.24 bits per heavy atom. The Morgan fingerprint density at radius 2 is 1.96 bits per heavy atom. The molecule has 3 unspecified atom stereocenters. The van der Waals surface area contributed by atoms with E-state index in [0.29, 0.717) is 13.1 Å². The predicted molar refractivity (Wildman–Crippen MR) is 88.5 cm³/mol. The lowest BCUT2D eigenvalue weighted by molar-refractivity contribution is -0.149. The topological polar surface area (TPSA) is 87.1 Å². The van der Waals surface area contributed by atoms with Gasteiger partial charge in [-0.3, -0.25) is 9.59 Å². The van der Waals surface area contributed by atoms with Crippen LogP contribution in [0.25, 0.3) is 0 Å². The molecule has 2 saturated heterocycles. The van der Waals surface area contributed by atoms with Gasteiger partial charge >= 0.3 is 5.97 Å². The minimum absolute atomic E-state index is 0.0726. The second kappa shape index (κ2) is 7.23. The van der Waals surface area contributed by atoms with E-state index in [1.165, 1.54) is 12.0 Å². The molecule has 0 saturated carbocycles. The summed E-state index contributed by atoms with van der Waals surface area (Å²) in [5, 5.41) is 9.36. The number of aliphatic carboxylic acids is 1. The molecule has 1 aromatic rings. The van der Waals surface area contributed by atoms with Crippen LogP contribution in [0.15, 0.2) is 30.3 Å². The van der Waals surface area contributed by atoms with Crippen LogP contribution < -0.4 is 0 Å². The van der Waals surface area contributed by atoms with Gasteiger partial charge in [-0.2, -0.15) is 0 Å². The number of carbonyl (C=O) groups excluding carboxylic acids is 2. The summed E-state index contributed by atoms with van der Waals surface area (Å²) >= 11 is 0. The molecule has 2 amide bonds. The number of benzene rings is 1. The summed E-state index contributed by atoms with van der Waals surface area (Å²) in [6, 6.07) is 8.72. The molecule has 0 bridgehead atoms. The number of ether oxygens (including phenoxy) is 1. The quantitative estimate of drug-likeness (QED) is 0.849. The number of carbonyl (C=O) groups is 3.